The summed E-state index contributed by atoms with van der Waals surface area (Å²) in [6.45, 7) is 6.11. The van der Waals surface area contributed by atoms with Gasteiger partial charge in [-0.15, -0.1) is 0 Å². The number of halogens is 1. The average Bonchev–Trinajstić information content (AvgIpc) is 2.75. The van der Waals surface area contributed by atoms with E-state index in [1.807, 2.05) is 6.92 Å². The number of sulfonamides is 1. The molecule has 0 unspecified atom stereocenters. The molecule has 1 N–H and O–H groups in total. The van der Waals surface area contributed by atoms with Crippen molar-refractivity contribution in [2.24, 2.45) is 0 Å². The Morgan fingerprint density at radius 3 is 2.55 bits per heavy atom. The molecule has 0 saturated heterocycles. The van der Waals surface area contributed by atoms with Crippen molar-refractivity contribution in [2.45, 2.75) is 32.3 Å². The molecule has 2 aromatic heterocycles. The molecule has 0 saturated carbocycles. The smallest absolute Gasteiger partial charge is 0.281 e. The first-order valence-electron chi connectivity index (χ1n) is 6.03. The van der Waals surface area contributed by atoms with Gasteiger partial charge in [-0.2, -0.15) is 8.42 Å². The molecule has 0 aliphatic rings. The minimum atomic E-state index is -3.70. The van der Waals surface area contributed by atoms with E-state index in [1.165, 1.54) is 6.20 Å². The average molecular weight is 359 g/mol. The van der Waals surface area contributed by atoms with Crippen LogP contribution in [0.1, 0.15) is 18.4 Å². The number of imidazole rings is 1. The van der Waals surface area contributed by atoms with Crippen molar-refractivity contribution < 1.29 is 8.42 Å². The maximum Gasteiger partial charge on any atom is 0.281 e. The van der Waals surface area contributed by atoms with E-state index < -0.39 is 10.0 Å². The molecular formula is C12H15BrN4O2S. The van der Waals surface area contributed by atoms with E-state index in [9.17, 15) is 8.42 Å². The van der Waals surface area contributed by atoms with Crippen molar-refractivity contribution >= 4 is 31.6 Å². The second-order valence-electron chi connectivity index (χ2n) is 4.28. The van der Waals surface area contributed by atoms with Gasteiger partial charge >= 0.3 is 0 Å². The lowest BCUT2D eigenvalue weighted by atomic mass is 10.3. The Kier molecular flexibility index (Phi) is 4.14. The Morgan fingerprint density at radius 1 is 1.30 bits per heavy atom. The summed E-state index contributed by atoms with van der Waals surface area (Å²) in [5.41, 5.74) is 1.03. The van der Waals surface area contributed by atoms with Gasteiger partial charge in [-0.25, -0.2) is 9.97 Å². The summed E-state index contributed by atoms with van der Waals surface area (Å²) in [5, 5.41) is 0.0131. The number of aromatic nitrogens is 3. The van der Waals surface area contributed by atoms with E-state index in [0.717, 1.165) is 0 Å². The molecule has 0 aliphatic carbocycles. The Bertz CT molecular complexity index is 740. The molecule has 20 heavy (non-hydrogen) atoms. The fourth-order valence-corrected chi connectivity index (χ4v) is 3.29. The highest BCUT2D eigenvalue weighted by atomic mass is 79.9. The van der Waals surface area contributed by atoms with Gasteiger partial charge in [0.2, 0.25) is 0 Å². The Hall–Kier alpha value is -1.41. The van der Waals surface area contributed by atoms with E-state index >= 15 is 0 Å². The first kappa shape index (κ1) is 15.0. The molecule has 2 rings (SSSR count). The van der Waals surface area contributed by atoms with Crippen LogP contribution in [0.4, 0.5) is 5.69 Å². The first-order valence-corrected chi connectivity index (χ1v) is 8.31. The fraction of sp³-hybridized carbons (Fsp3) is 0.333. The summed E-state index contributed by atoms with van der Waals surface area (Å²) < 4.78 is 29.5. The Morgan fingerprint density at radius 2 is 2.00 bits per heavy atom. The van der Waals surface area contributed by atoms with E-state index in [2.05, 4.69) is 30.6 Å². The van der Waals surface area contributed by atoms with E-state index in [-0.39, 0.29) is 5.03 Å². The number of hydrogen-bond donors (Lipinski definition) is 1. The number of rotatable bonds is 4. The van der Waals surface area contributed by atoms with Crippen LogP contribution in [0, 0.1) is 13.8 Å². The molecule has 0 aromatic carbocycles. The van der Waals surface area contributed by atoms with Gasteiger partial charge in [-0.1, -0.05) is 0 Å². The first-order chi connectivity index (χ1) is 9.33. The molecule has 108 valence electrons. The van der Waals surface area contributed by atoms with Crippen LogP contribution in [0.5, 0.6) is 0 Å². The molecule has 0 bridgehead atoms. The third-order valence-corrected chi connectivity index (χ3v) is 4.54. The maximum absolute atomic E-state index is 12.3. The van der Waals surface area contributed by atoms with Crippen molar-refractivity contribution in [3.05, 3.63) is 34.5 Å². The molecule has 6 nitrogen and oxygen atoms in total. The van der Waals surface area contributed by atoms with Crippen molar-refractivity contribution in [1.82, 2.24) is 14.5 Å². The zero-order chi connectivity index (χ0) is 14.9. The summed E-state index contributed by atoms with van der Waals surface area (Å²) in [6.07, 6.45) is 1.53. The number of nitrogens with one attached hydrogen (secondary N) is 1. The molecule has 0 aliphatic heterocycles. The van der Waals surface area contributed by atoms with Crippen LogP contribution >= 0.6 is 15.9 Å². The summed E-state index contributed by atoms with van der Waals surface area (Å²) in [4.78, 5) is 8.23. The third-order valence-electron chi connectivity index (χ3n) is 2.87. The van der Waals surface area contributed by atoms with Crippen LogP contribution in [0.3, 0.4) is 0 Å². The zero-order valence-corrected chi connectivity index (χ0v) is 13.8. The van der Waals surface area contributed by atoms with Crippen molar-refractivity contribution in [3.8, 4) is 0 Å². The molecule has 0 spiro atoms. The standard InChI is InChI=1S/C12H15BrN4O2S/c1-4-17-7-12(15-9(17)3)20(18,19)16-10-5-6-11(13)14-8(10)2/h5-7,16H,4H2,1-3H3. The van der Waals surface area contributed by atoms with Crippen LogP contribution in [0.25, 0.3) is 0 Å². The summed E-state index contributed by atoms with van der Waals surface area (Å²) in [5.74, 6) is 0.665. The quantitative estimate of drug-likeness (QED) is 0.851. The fourth-order valence-electron chi connectivity index (χ4n) is 1.76. The Labute approximate surface area is 126 Å². The van der Waals surface area contributed by atoms with E-state index in [0.29, 0.717) is 28.4 Å². The molecule has 8 heteroatoms. The van der Waals surface area contributed by atoms with Gasteiger partial charge in [-0.3, -0.25) is 4.72 Å². The molecule has 0 atom stereocenters. The largest absolute Gasteiger partial charge is 0.334 e. The molecular weight excluding hydrogens is 344 g/mol. The van der Waals surface area contributed by atoms with Gasteiger partial charge in [0.15, 0.2) is 5.03 Å². The predicted molar refractivity (Wildman–Crippen MR) is 80.1 cm³/mol. The van der Waals surface area contributed by atoms with E-state index in [4.69, 9.17) is 0 Å². The van der Waals surface area contributed by atoms with Crippen LogP contribution in [-0.4, -0.2) is 23.0 Å². The van der Waals surface area contributed by atoms with E-state index in [1.54, 1.807) is 30.5 Å². The minimum Gasteiger partial charge on any atom is -0.334 e. The third kappa shape index (κ3) is 3.01. The van der Waals surface area contributed by atoms with Crippen LogP contribution < -0.4 is 4.72 Å². The van der Waals surface area contributed by atoms with Gasteiger partial charge in [0, 0.05) is 12.7 Å². The lowest BCUT2D eigenvalue weighted by Crippen LogP contribution is -2.14. The molecule has 0 amide bonds. The van der Waals surface area contributed by atoms with Gasteiger partial charge in [0.05, 0.1) is 11.4 Å². The highest BCUT2D eigenvalue weighted by molar-refractivity contribution is 9.10. The van der Waals surface area contributed by atoms with Gasteiger partial charge in [-0.05, 0) is 48.8 Å². The topological polar surface area (TPSA) is 76.9 Å². The van der Waals surface area contributed by atoms with Crippen LogP contribution in [-0.2, 0) is 16.6 Å². The number of hydrogen-bond acceptors (Lipinski definition) is 4. The summed E-state index contributed by atoms with van der Waals surface area (Å²) in [7, 11) is -3.70. The normalized spacial score (nSPS) is 11.6. The maximum atomic E-state index is 12.3. The number of aryl methyl sites for hydroxylation is 3. The monoisotopic (exact) mass is 358 g/mol. The SMILES string of the molecule is CCn1cc(S(=O)(=O)Nc2ccc(Br)nc2C)nc1C. The lowest BCUT2D eigenvalue weighted by Gasteiger charge is -2.08. The van der Waals surface area contributed by atoms with Gasteiger partial charge < -0.3 is 4.57 Å². The van der Waals surface area contributed by atoms with Crippen molar-refractivity contribution in [3.63, 3.8) is 0 Å². The number of nitrogens with zero attached hydrogens (tertiary/aromatic N) is 3. The predicted octanol–water partition coefficient (Wildman–Crippen LogP) is 2.48. The summed E-state index contributed by atoms with van der Waals surface area (Å²) in [6, 6.07) is 3.34. The molecule has 0 fully saturated rings. The van der Waals surface area contributed by atoms with Gasteiger partial charge in [0.1, 0.15) is 10.4 Å². The minimum absolute atomic E-state index is 0.0131. The van der Waals surface area contributed by atoms with Crippen molar-refractivity contribution in [1.29, 1.82) is 0 Å². The van der Waals surface area contributed by atoms with Crippen molar-refractivity contribution in [2.75, 3.05) is 4.72 Å². The second-order valence-corrected chi connectivity index (χ2v) is 6.73. The lowest BCUT2D eigenvalue weighted by molar-refractivity contribution is 0.598. The second kappa shape index (κ2) is 5.53. The van der Waals surface area contributed by atoms with Crippen LogP contribution in [0.15, 0.2) is 28.0 Å². The summed E-state index contributed by atoms with van der Waals surface area (Å²) >= 11 is 3.24. The molecule has 2 heterocycles. The molecule has 2 aromatic rings. The number of pyridine rings is 1. The van der Waals surface area contributed by atoms with Crippen LogP contribution in [0.2, 0.25) is 0 Å². The highest BCUT2D eigenvalue weighted by Crippen LogP contribution is 2.20. The molecule has 0 radical (unpaired) electrons. The zero-order valence-electron chi connectivity index (χ0n) is 11.4. The number of anilines is 1. The highest BCUT2D eigenvalue weighted by Gasteiger charge is 2.20. The Balaban J connectivity index is 2.35. The van der Waals surface area contributed by atoms with Gasteiger partial charge in [0.25, 0.3) is 10.0 Å².